The number of rotatable bonds is 0. The first kappa shape index (κ1) is 40.8. The van der Waals surface area contributed by atoms with E-state index in [1.54, 1.807) is 0 Å². The monoisotopic (exact) mass is 709 g/mol. The fourth-order valence-electron chi connectivity index (χ4n) is 5.84. The second kappa shape index (κ2) is 17.3. The first-order chi connectivity index (χ1) is 23.9. The zero-order valence-corrected chi connectivity index (χ0v) is 34.7. The number of nitrogens with zero attached hydrogens (tertiary/aromatic N) is 2. The number of hydrogen-bond acceptors (Lipinski definition) is 6. The van der Waals surface area contributed by atoms with Gasteiger partial charge in [-0.15, -0.1) is 0 Å². The Morgan fingerprint density at radius 2 is 0.843 bits per heavy atom. The molecule has 0 atom stereocenters. The molecule has 0 aromatic heterocycles. The second-order valence-electron chi connectivity index (χ2n) is 17.9. The van der Waals surface area contributed by atoms with Gasteiger partial charge < -0.3 is 17.1 Å². The molecule has 0 spiro atoms. The van der Waals surface area contributed by atoms with Gasteiger partial charge in [-0.05, 0) is 93.9 Å². The quantitative estimate of drug-likeness (QED) is 0.218. The van der Waals surface area contributed by atoms with Crippen LogP contribution in [0.4, 0.5) is 11.4 Å². The van der Waals surface area contributed by atoms with Gasteiger partial charge in [-0.3, -0.25) is 9.98 Å². The summed E-state index contributed by atoms with van der Waals surface area (Å²) in [5.74, 6) is 1.68. The number of ether oxygens (including phenoxy) is 2. The average Bonchev–Trinajstić information content (AvgIpc) is 3.81. The molecule has 3 aromatic rings. The molecule has 0 N–H and O–H groups in total. The number of hydrogen-bond donors (Lipinski definition) is 0. The lowest BCUT2D eigenvalue weighted by Gasteiger charge is -2.30. The summed E-state index contributed by atoms with van der Waals surface area (Å²) in [5, 5.41) is 0. The normalized spacial score (nSPS) is 16.2. The Balaban J connectivity index is 0.000000499. The van der Waals surface area contributed by atoms with Crippen molar-refractivity contribution in [2.24, 2.45) is 9.98 Å². The van der Waals surface area contributed by atoms with Gasteiger partial charge in [0.1, 0.15) is 0 Å². The first-order valence-corrected chi connectivity index (χ1v) is 19.7. The summed E-state index contributed by atoms with van der Waals surface area (Å²) in [6.07, 6.45) is 8.97. The number of benzene rings is 3. The molecule has 2 fully saturated rings. The van der Waals surface area contributed by atoms with Crippen molar-refractivity contribution in [2.75, 3.05) is 26.4 Å². The molecule has 1 radical (unpaired) electrons. The molecule has 0 saturated carbocycles. The summed E-state index contributed by atoms with van der Waals surface area (Å²) in [4.78, 5) is 9.92. The standard InChI is InChI=1S/C36H48N2O2.2C4H8O.Al/c1-33(2,3)25-17-23(31(39)27(19-25)35(7,8)9)21-37-29-15-13-14-16-30(29)38-22-24-18-26(34(4,5)6)20-28(32(24)40)36(10,11)12;2*1-2-4-5-3-1;/h13-22,39-40H,1-12H3;2*1-4H2;/q;;;+2/p-2. The van der Waals surface area contributed by atoms with Crippen LogP contribution in [0.2, 0.25) is 0 Å². The molecule has 0 amide bonds. The Labute approximate surface area is 315 Å². The van der Waals surface area contributed by atoms with Crippen molar-refractivity contribution in [3.8, 4) is 11.5 Å². The molecule has 6 rings (SSSR count). The van der Waals surface area contributed by atoms with E-state index in [4.69, 9.17) is 27.0 Å². The number of para-hydroxylation sites is 2. The third kappa shape index (κ3) is 11.8. The molecular formula is C44H62AlN2O4. The molecule has 6 nitrogen and oxygen atoms in total. The fraction of sp³-hybridized carbons (Fsp3) is 0.545. The molecule has 3 heterocycles. The van der Waals surface area contributed by atoms with Crippen molar-refractivity contribution in [3.63, 3.8) is 0 Å². The molecule has 3 aliphatic rings. The molecule has 3 aromatic carbocycles. The predicted molar refractivity (Wildman–Crippen MR) is 216 cm³/mol. The molecule has 275 valence electrons. The SMILES string of the molecule is C1CCOC1.C1CCOC1.CC(C)(C)c1cc2c(c(C(C)(C)C)c1)[O][Al][O]c1c(cc(C(C)(C)C)cc1C(C)(C)C)C=Nc1ccccc1N=C2. The van der Waals surface area contributed by atoms with Gasteiger partial charge in [-0.25, -0.2) is 0 Å². The van der Waals surface area contributed by atoms with Crippen LogP contribution in [0.15, 0.2) is 58.5 Å². The van der Waals surface area contributed by atoms with Gasteiger partial charge in [0.25, 0.3) is 0 Å². The molecule has 3 aliphatic heterocycles. The minimum absolute atomic E-state index is 0.0269. The molecule has 7 heteroatoms. The lowest BCUT2D eigenvalue weighted by atomic mass is 9.79. The Kier molecular flexibility index (Phi) is 13.8. The maximum atomic E-state index is 6.66. The van der Waals surface area contributed by atoms with Crippen LogP contribution in [0.3, 0.4) is 0 Å². The zero-order valence-electron chi connectivity index (χ0n) is 33.5. The van der Waals surface area contributed by atoms with E-state index in [-0.39, 0.29) is 21.7 Å². The van der Waals surface area contributed by atoms with Gasteiger partial charge in [0.2, 0.25) is 0 Å². The maximum absolute atomic E-state index is 6.66. The van der Waals surface area contributed by atoms with Gasteiger partial charge >= 0.3 is 15.9 Å². The van der Waals surface area contributed by atoms with Gasteiger partial charge in [0, 0.05) is 50.0 Å². The third-order valence-electron chi connectivity index (χ3n) is 9.14. The zero-order chi connectivity index (χ0) is 37.5. The van der Waals surface area contributed by atoms with E-state index in [1.165, 1.54) is 36.8 Å². The first-order valence-electron chi connectivity index (χ1n) is 18.7. The highest BCUT2D eigenvalue weighted by atomic mass is 27.2. The van der Waals surface area contributed by atoms with E-state index in [0.29, 0.717) is 0 Å². The predicted octanol–water partition coefficient (Wildman–Crippen LogP) is 11.3. The molecule has 0 aliphatic carbocycles. The van der Waals surface area contributed by atoms with Crippen LogP contribution in [0.5, 0.6) is 11.5 Å². The van der Waals surface area contributed by atoms with E-state index >= 15 is 0 Å². The number of aliphatic imine (C=N–C) groups is 2. The highest BCUT2D eigenvalue weighted by Crippen LogP contribution is 2.41. The van der Waals surface area contributed by atoms with Crippen molar-refractivity contribution < 1.29 is 17.1 Å². The summed E-state index contributed by atoms with van der Waals surface area (Å²) in [6.45, 7) is 30.9. The highest BCUT2D eigenvalue weighted by molar-refractivity contribution is 6.21. The van der Waals surface area contributed by atoms with Gasteiger partial charge in [-0.2, -0.15) is 0 Å². The topological polar surface area (TPSA) is 61.6 Å². The Bertz CT molecular complexity index is 1520. The molecule has 2 saturated heterocycles. The number of fused-ring (bicyclic) bond motifs is 3. The third-order valence-corrected chi connectivity index (χ3v) is 9.80. The minimum Gasteiger partial charge on any atom is -0.615 e. The highest BCUT2D eigenvalue weighted by Gasteiger charge is 2.29. The van der Waals surface area contributed by atoms with Crippen LogP contribution in [-0.2, 0) is 31.1 Å². The summed E-state index contributed by atoms with van der Waals surface area (Å²) in [7, 11) is 0. The van der Waals surface area contributed by atoms with Crippen LogP contribution >= 0.6 is 0 Å². The van der Waals surface area contributed by atoms with Crippen LogP contribution < -0.4 is 7.58 Å². The Hall–Kier alpha value is -2.95. The summed E-state index contributed by atoms with van der Waals surface area (Å²) < 4.78 is 23.2. The maximum Gasteiger partial charge on any atom is 0.881 e. The van der Waals surface area contributed by atoms with E-state index < -0.39 is 15.9 Å². The summed E-state index contributed by atoms with van der Waals surface area (Å²) in [6, 6.07) is 17.0. The largest absolute Gasteiger partial charge is 0.881 e. The second-order valence-corrected chi connectivity index (χ2v) is 18.5. The average molecular weight is 710 g/mol. The molecule has 51 heavy (non-hydrogen) atoms. The Morgan fingerprint density at radius 3 is 1.12 bits per heavy atom. The lowest BCUT2D eigenvalue weighted by Crippen LogP contribution is -2.23. The van der Waals surface area contributed by atoms with Gasteiger partial charge in [0.05, 0.1) is 22.9 Å². The van der Waals surface area contributed by atoms with E-state index in [0.717, 1.165) is 71.6 Å². The van der Waals surface area contributed by atoms with Gasteiger partial charge in [-0.1, -0.05) is 107 Å². The fourth-order valence-corrected chi connectivity index (χ4v) is 6.61. The smallest absolute Gasteiger partial charge is 0.615 e. The van der Waals surface area contributed by atoms with Crippen LogP contribution in [-0.4, -0.2) is 54.7 Å². The van der Waals surface area contributed by atoms with Crippen molar-refractivity contribution in [2.45, 2.75) is 130 Å². The van der Waals surface area contributed by atoms with E-state index in [1.807, 2.05) is 36.7 Å². The summed E-state index contributed by atoms with van der Waals surface area (Å²) in [5.41, 5.74) is 8.01. The summed E-state index contributed by atoms with van der Waals surface area (Å²) >= 11 is -0.860. The molecular weight excluding hydrogens is 647 g/mol. The van der Waals surface area contributed by atoms with E-state index in [2.05, 4.69) is 107 Å². The lowest BCUT2D eigenvalue weighted by molar-refractivity contribution is 0.198. The molecule has 0 unspecified atom stereocenters. The van der Waals surface area contributed by atoms with Crippen molar-refractivity contribution >= 4 is 39.7 Å². The van der Waals surface area contributed by atoms with Crippen molar-refractivity contribution in [3.05, 3.63) is 81.9 Å². The van der Waals surface area contributed by atoms with Crippen LogP contribution in [0.25, 0.3) is 0 Å². The Morgan fingerprint density at radius 1 is 0.490 bits per heavy atom. The minimum atomic E-state index is -0.860. The van der Waals surface area contributed by atoms with Crippen molar-refractivity contribution in [1.29, 1.82) is 0 Å². The van der Waals surface area contributed by atoms with Crippen LogP contribution in [0.1, 0.15) is 142 Å². The molecule has 0 bridgehead atoms. The van der Waals surface area contributed by atoms with Crippen LogP contribution in [0, 0.1) is 0 Å². The van der Waals surface area contributed by atoms with Gasteiger partial charge in [0.15, 0.2) is 0 Å². The van der Waals surface area contributed by atoms with Crippen molar-refractivity contribution in [1.82, 2.24) is 0 Å². The van der Waals surface area contributed by atoms with E-state index in [9.17, 15) is 0 Å².